The molecule has 0 radical (unpaired) electrons. The first-order valence-electron chi connectivity index (χ1n) is 4.15. The summed E-state index contributed by atoms with van der Waals surface area (Å²) in [5.74, 6) is 0. The van der Waals surface area contributed by atoms with Crippen molar-refractivity contribution in [3.05, 3.63) is 0 Å². The van der Waals surface area contributed by atoms with Crippen LogP contribution < -0.4 is 4.72 Å². The Morgan fingerprint density at radius 1 is 1.43 bits per heavy atom. The van der Waals surface area contributed by atoms with E-state index in [4.69, 9.17) is 14.0 Å². The maximum atomic E-state index is 10.5. The molecule has 82 valence electrons. The van der Waals surface area contributed by atoms with Gasteiger partial charge in [-0.15, -0.1) is 0 Å². The maximum absolute atomic E-state index is 10.5. The zero-order valence-electron chi connectivity index (χ0n) is 7.16. The number of nitrogens with one attached hydrogen (secondary N) is 1. The van der Waals surface area contributed by atoms with Crippen molar-refractivity contribution in [1.29, 1.82) is 0 Å². The summed E-state index contributed by atoms with van der Waals surface area (Å²) in [5.41, 5.74) is 0. The van der Waals surface area contributed by atoms with Gasteiger partial charge in [-0.05, 0) is 0 Å². The molecule has 2 bridgehead atoms. The van der Waals surface area contributed by atoms with Crippen molar-refractivity contribution in [3.63, 3.8) is 0 Å². The second kappa shape index (κ2) is 3.40. The molecule has 2 fully saturated rings. The lowest BCUT2D eigenvalue weighted by Crippen LogP contribution is -2.54. The zero-order valence-corrected chi connectivity index (χ0v) is 7.98. The molecule has 7 nitrogen and oxygen atoms in total. The van der Waals surface area contributed by atoms with Gasteiger partial charge in [0.1, 0.15) is 6.04 Å². The average Bonchev–Trinajstić information content (AvgIpc) is 2.41. The third kappa shape index (κ3) is 2.05. The van der Waals surface area contributed by atoms with Gasteiger partial charge >= 0.3 is 10.3 Å². The molecule has 0 spiro atoms. The monoisotopic (exact) mass is 225 g/mol. The van der Waals surface area contributed by atoms with Crippen molar-refractivity contribution in [1.82, 2.24) is 4.72 Å². The van der Waals surface area contributed by atoms with Crippen molar-refractivity contribution in [2.24, 2.45) is 0 Å². The Bertz CT molecular complexity index is 316. The van der Waals surface area contributed by atoms with E-state index in [1.807, 2.05) is 4.72 Å². The van der Waals surface area contributed by atoms with E-state index in [-0.39, 0.29) is 6.10 Å². The van der Waals surface area contributed by atoms with Crippen LogP contribution in [0.1, 0.15) is 6.42 Å². The molecule has 0 aromatic carbocycles. The maximum Gasteiger partial charge on any atom is 0.333 e. The van der Waals surface area contributed by atoms with E-state index in [9.17, 15) is 13.5 Å². The van der Waals surface area contributed by atoms with E-state index in [0.29, 0.717) is 13.0 Å². The van der Waals surface area contributed by atoms with E-state index >= 15 is 0 Å². The van der Waals surface area contributed by atoms with E-state index in [2.05, 4.69) is 0 Å². The number of hydrogen-bond donors (Lipinski definition) is 3. The van der Waals surface area contributed by atoms with Gasteiger partial charge in [-0.25, -0.2) is 0 Å². The van der Waals surface area contributed by atoms with Crippen LogP contribution in [0.15, 0.2) is 0 Å². The number of aliphatic hydroxyl groups is 1. The Hall–Kier alpha value is -0.250. The molecule has 2 aliphatic rings. The SMILES string of the molecule is O=S(=O)(O)NC1C(O)CC2COC1O2. The lowest BCUT2D eigenvalue weighted by molar-refractivity contribution is -0.135. The molecule has 2 aliphatic heterocycles. The molecule has 2 heterocycles. The van der Waals surface area contributed by atoms with Crippen LogP contribution in [0.5, 0.6) is 0 Å². The summed E-state index contributed by atoms with van der Waals surface area (Å²) < 4.78 is 41.8. The molecule has 0 saturated carbocycles. The van der Waals surface area contributed by atoms with Gasteiger partial charge in [-0.3, -0.25) is 4.55 Å². The minimum absolute atomic E-state index is 0.186. The van der Waals surface area contributed by atoms with Crippen LogP contribution in [0.25, 0.3) is 0 Å². The van der Waals surface area contributed by atoms with E-state index in [0.717, 1.165) is 0 Å². The summed E-state index contributed by atoms with van der Waals surface area (Å²) in [5, 5.41) is 9.52. The molecule has 2 saturated heterocycles. The van der Waals surface area contributed by atoms with Crippen molar-refractivity contribution in [2.75, 3.05) is 6.61 Å². The molecule has 4 unspecified atom stereocenters. The predicted molar refractivity (Wildman–Crippen MR) is 43.7 cm³/mol. The first kappa shape index (κ1) is 10.3. The summed E-state index contributed by atoms with van der Waals surface area (Å²) >= 11 is 0. The smallest absolute Gasteiger partial charge is 0.333 e. The van der Waals surface area contributed by atoms with Crippen molar-refractivity contribution in [2.45, 2.75) is 31.0 Å². The molecule has 0 aliphatic carbocycles. The van der Waals surface area contributed by atoms with Crippen LogP contribution in [0.2, 0.25) is 0 Å². The number of aliphatic hydroxyl groups excluding tert-OH is 1. The molecule has 8 heteroatoms. The fourth-order valence-electron chi connectivity index (χ4n) is 1.69. The highest BCUT2D eigenvalue weighted by atomic mass is 32.2. The summed E-state index contributed by atoms with van der Waals surface area (Å²) in [6, 6.07) is -0.941. The molecule has 2 rings (SSSR count). The molecule has 3 N–H and O–H groups in total. The van der Waals surface area contributed by atoms with Gasteiger partial charge in [0, 0.05) is 6.42 Å². The van der Waals surface area contributed by atoms with Crippen molar-refractivity contribution < 1.29 is 27.6 Å². The lowest BCUT2D eigenvalue weighted by Gasteiger charge is -2.31. The number of hydrogen-bond acceptors (Lipinski definition) is 5. The number of fused-ring (bicyclic) bond motifs is 2. The lowest BCUT2D eigenvalue weighted by atomic mass is 10.0. The molecule has 0 aromatic heterocycles. The quantitative estimate of drug-likeness (QED) is 0.481. The van der Waals surface area contributed by atoms with Crippen LogP contribution in [-0.4, -0.2) is 49.2 Å². The Balaban J connectivity index is 2.09. The molecular weight excluding hydrogens is 214 g/mol. The highest BCUT2D eigenvalue weighted by molar-refractivity contribution is 7.83. The zero-order chi connectivity index (χ0) is 10.3. The molecule has 14 heavy (non-hydrogen) atoms. The normalized spacial score (nSPS) is 42.7. The molecule has 0 aromatic rings. The Kier molecular flexibility index (Phi) is 2.50. The largest absolute Gasteiger partial charge is 0.391 e. The van der Waals surface area contributed by atoms with Crippen LogP contribution >= 0.6 is 0 Å². The molecule has 4 atom stereocenters. The van der Waals surface area contributed by atoms with Gasteiger partial charge in [0.15, 0.2) is 6.29 Å². The fourth-order valence-corrected chi connectivity index (χ4v) is 2.30. The third-order valence-corrected chi connectivity index (χ3v) is 2.84. The summed E-state index contributed by atoms with van der Waals surface area (Å²) in [4.78, 5) is 0. The first-order valence-corrected chi connectivity index (χ1v) is 5.59. The Labute approximate surface area is 80.9 Å². The fraction of sp³-hybridized carbons (Fsp3) is 1.00. The summed E-state index contributed by atoms with van der Waals surface area (Å²) in [6.07, 6.45) is -1.60. The Morgan fingerprint density at radius 3 is 2.79 bits per heavy atom. The molecular formula is C6H11NO6S. The van der Waals surface area contributed by atoms with E-state index in [1.165, 1.54) is 0 Å². The van der Waals surface area contributed by atoms with E-state index < -0.39 is 28.7 Å². The van der Waals surface area contributed by atoms with Crippen molar-refractivity contribution >= 4 is 10.3 Å². The van der Waals surface area contributed by atoms with Crippen LogP contribution in [0.3, 0.4) is 0 Å². The van der Waals surface area contributed by atoms with Gasteiger partial charge in [0.25, 0.3) is 0 Å². The predicted octanol–water partition coefficient (Wildman–Crippen LogP) is -1.75. The topological polar surface area (TPSA) is 105 Å². The van der Waals surface area contributed by atoms with Gasteiger partial charge < -0.3 is 14.6 Å². The highest BCUT2D eigenvalue weighted by Crippen LogP contribution is 2.27. The molecule has 0 amide bonds. The average molecular weight is 225 g/mol. The first-order chi connectivity index (χ1) is 6.46. The summed E-state index contributed by atoms with van der Waals surface area (Å²) in [6.45, 7) is 0.339. The minimum atomic E-state index is -4.35. The van der Waals surface area contributed by atoms with E-state index in [1.54, 1.807) is 0 Å². The van der Waals surface area contributed by atoms with Crippen LogP contribution in [-0.2, 0) is 19.8 Å². The Morgan fingerprint density at radius 2 is 2.14 bits per heavy atom. The van der Waals surface area contributed by atoms with Crippen molar-refractivity contribution in [3.8, 4) is 0 Å². The van der Waals surface area contributed by atoms with Gasteiger partial charge in [0.2, 0.25) is 0 Å². The number of ether oxygens (including phenoxy) is 2. The van der Waals surface area contributed by atoms with Gasteiger partial charge in [-0.1, -0.05) is 0 Å². The second-order valence-corrected chi connectivity index (χ2v) is 4.57. The minimum Gasteiger partial charge on any atom is -0.391 e. The second-order valence-electron chi connectivity index (χ2n) is 3.38. The summed E-state index contributed by atoms with van der Waals surface area (Å²) in [7, 11) is -4.35. The van der Waals surface area contributed by atoms with Gasteiger partial charge in [0.05, 0.1) is 18.8 Å². The van der Waals surface area contributed by atoms with Gasteiger partial charge in [-0.2, -0.15) is 13.1 Å². The standard InChI is InChI=1S/C6H11NO6S/c8-4-1-3-2-12-6(13-3)5(4)7-14(9,10)11/h3-8H,1-2H2,(H,9,10,11). The van der Waals surface area contributed by atoms with Crippen LogP contribution in [0, 0.1) is 0 Å². The van der Waals surface area contributed by atoms with Crippen LogP contribution in [0.4, 0.5) is 0 Å². The highest BCUT2D eigenvalue weighted by Gasteiger charge is 2.44. The third-order valence-electron chi connectivity index (χ3n) is 2.27. The number of rotatable bonds is 2.